The van der Waals surface area contributed by atoms with Crippen LogP contribution in [0, 0.1) is 6.92 Å². The van der Waals surface area contributed by atoms with Crippen molar-refractivity contribution in [1.29, 1.82) is 0 Å². The van der Waals surface area contributed by atoms with Gasteiger partial charge in [0.25, 0.3) is 0 Å². The summed E-state index contributed by atoms with van der Waals surface area (Å²) in [4.78, 5) is 0. The minimum Gasteiger partial charge on any atom is -0.309 e. The summed E-state index contributed by atoms with van der Waals surface area (Å²) in [5, 5.41) is 7.61. The summed E-state index contributed by atoms with van der Waals surface area (Å²) in [6.45, 7) is 3.81. The summed E-state index contributed by atoms with van der Waals surface area (Å²) in [5.41, 5.74) is 3.71. The Hall–Kier alpha value is -1.87. The van der Waals surface area contributed by atoms with E-state index in [9.17, 15) is 0 Å². The molecule has 1 aromatic carbocycles. The van der Waals surface area contributed by atoms with Gasteiger partial charge in [0.2, 0.25) is 0 Å². The highest BCUT2D eigenvalue weighted by Gasteiger charge is 2.01. The van der Waals surface area contributed by atoms with Crippen LogP contribution in [0.3, 0.4) is 0 Å². The van der Waals surface area contributed by atoms with Crippen molar-refractivity contribution in [2.75, 3.05) is 6.54 Å². The highest BCUT2D eigenvalue weighted by Crippen LogP contribution is 2.04. The molecule has 2 rings (SSSR count). The normalized spacial score (nSPS) is 11.2. The van der Waals surface area contributed by atoms with E-state index in [1.54, 1.807) is 0 Å². The zero-order chi connectivity index (χ0) is 12.8. The molecule has 3 nitrogen and oxygen atoms in total. The molecule has 0 amide bonds. The summed E-state index contributed by atoms with van der Waals surface area (Å²) in [6, 6.07) is 10.3. The van der Waals surface area contributed by atoms with Gasteiger partial charge in [0, 0.05) is 31.4 Å². The molecule has 0 unspecified atom stereocenters. The standard InChI is InChI=1S/C15H19N3/c1-13-15(12-17-18(13)2)11-16-10-6-9-14-7-4-3-5-8-14/h3-9,12,16H,10-11H2,1-2H3/b9-6+. The van der Waals surface area contributed by atoms with E-state index in [1.807, 2.05) is 36.1 Å². The van der Waals surface area contributed by atoms with Crippen molar-refractivity contribution in [2.24, 2.45) is 7.05 Å². The van der Waals surface area contributed by atoms with Gasteiger partial charge in [-0.25, -0.2) is 0 Å². The molecule has 0 bridgehead atoms. The summed E-state index contributed by atoms with van der Waals surface area (Å²) in [6.07, 6.45) is 6.19. The van der Waals surface area contributed by atoms with E-state index in [2.05, 4.69) is 41.6 Å². The Morgan fingerprint density at radius 1 is 1.28 bits per heavy atom. The molecule has 0 saturated carbocycles. The second-order valence-corrected chi connectivity index (χ2v) is 4.32. The first-order valence-electron chi connectivity index (χ1n) is 6.17. The van der Waals surface area contributed by atoms with E-state index in [4.69, 9.17) is 0 Å². The van der Waals surface area contributed by atoms with E-state index in [0.29, 0.717) is 0 Å². The van der Waals surface area contributed by atoms with Gasteiger partial charge >= 0.3 is 0 Å². The van der Waals surface area contributed by atoms with E-state index < -0.39 is 0 Å². The highest BCUT2D eigenvalue weighted by molar-refractivity contribution is 5.48. The van der Waals surface area contributed by atoms with Crippen LogP contribution in [-0.4, -0.2) is 16.3 Å². The number of hydrogen-bond donors (Lipinski definition) is 1. The minimum atomic E-state index is 0.860. The van der Waals surface area contributed by atoms with Crippen LogP contribution in [-0.2, 0) is 13.6 Å². The lowest BCUT2D eigenvalue weighted by Crippen LogP contribution is -2.13. The molecule has 94 valence electrons. The van der Waals surface area contributed by atoms with Gasteiger partial charge in [-0.05, 0) is 12.5 Å². The molecule has 0 aliphatic heterocycles. The molecular weight excluding hydrogens is 222 g/mol. The zero-order valence-corrected chi connectivity index (χ0v) is 10.9. The first-order chi connectivity index (χ1) is 8.77. The number of nitrogens with zero attached hydrogens (tertiary/aromatic N) is 2. The van der Waals surface area contributed by atoms with Crippen LogP contribution in [0.25, 0.3) is 6.08 Å². The smallest absolute Gasteiger partial charge is 0.0537 e. The lowest BCUT2D eigenvalue weighted by molar-refractivity contribution is 0.725. The van der Waals surface area contributed by atoms with Crippen LogP contribution in [0.5, 0.6) is 0 Å². The molecule has 0 fully saturated rings. The van der Waals surface area contributed by atoms with Gasteiger partial charge in [-0.2, -0.15) is 5.10 Å². The van der Waals surface area contributed by atoms with Crippen LogP contribution in [0.2, 0.25) is 0 Å². The van der Waals surface area contributed by atoms with E-state index >= 15 is 0 Å². The molecule has 0 aliphatic carbocycles. The summed E-state index contributed by atoms with van der Waals surface area (Å²) in [5.74, 6) is 0. The Morgan fingerprint density at radius 2 is 2.06 bits per heavy atom. The highest BCUT2D eigenvalue weighted by atomic mass is 15.3. The molecular formula is C15H19N3. The van der Waals surface area contributed by atoms with Crippen molar-refractivity contribution < 1.29 is 0 Å². The molecule has 3 heteroatoms. The lowest BCUT2D eigenvalue weighted by Gasteiger charge is -2.01. The fourth-order valence-electron chi connectivity index (χ4n) is 1.77. The van der Waals surface area contributed by atoms with Gasteiger partial charge in [-0.1, -0.05) is 42.5 Å². The quantitative estimate of drug-likeness (QED) is 0.815. The Bertz CT molecular complexity index is 512. The molecule has 2 aromatic rings. The average molecular weight is 241 g/mol. The predicted molar refractivity (Wildman–Crippen MR) is 75.1 cm³/mol. The number of aromatic nitrogens is 2. The average Bonchev–Trinajstić information content (AvgIpc) is 2.71. The van der Waals surface area contributed by atoms with E-state index in [0.717, 1.165) is 13.1 Å². The minimum absolute atomic E-state index is 0.860. The molecule has 1 heterocycles. The number of hydrogen-bond acceptors (Lipinski definition) is 2. The third-order valence-corrected chi connectivity index (χ3v) is 3.02. The van der Waals surface area contributed by atoms with Crippen LogP contribution in [0.15, 0.2) is 42.6 Å². The fourth-order valence-corrected chi connectivity index (χ4v) is 1.77. The maximum Gasteiger partial charge on any atom is 0.0537 e. The van der Waals surface area contributed by atoms with Gasteiger partial charge in [-0.3, -0.25) is 4.68 Å². The van der Waals surface area contributed by atoms with Crippen molar-refractivity contribution in [3.63, 3.8) is 0 Å². The predicted octanol–water partition coefficient (Wildman–Crippen LogP) is 2.53. The Labute approximate surface area is 108 Å². The van der Waals surface area contributed by atoms with Crippen molar-refractivity contribution >= 4 is 6.08 Å². The fraction of sp³-hybridized carbons (Fsp3) is 0.267. The third kappa shape index (κ3) is 3.31. The first-order valence-corrected chi connectivity index (χ1v) is 6.17. The first kappa shape index (κ1) is 12.6. The topological polar surface area (TPSA) is 29.9 Å². The SMILES string of the molecule is Cc1c(CNC/C=C/c2ccccc2)cnn1C. The lowest BCUT2D eigenvalue weighted by atomic mass is 10.2. The van der Waals surface area contributed by atoms with Crippen molar-refractivity contribution in [2.45, 2.75) is 13.5 Å². The second kappa shape index (κ2) is 6.17. The van der Waals surface area contributed by atoms with Crippen molar-refractivity contribution in [1.82, 2.24) is 15.1 Å². The maximum absolute atomic E-state index is 4.22. The largest absolute Gasteiger partial charge is 0.309 e. The number of aryl methyl sites for hydroxylation is 1. The van der Waals surface area contributed by atoms with Crippen molar-refractivity contribution in [3.05, 3.63) is 59.4 Å². The van der Waals surface area contributed by atoms with Crippen LogP contribution in [0.4, 0.5) is 0 Å². The molecule has 0 spiro atoms. The molecule has 0 atom stereocenters. The Morgan fingerprint density at radius 3 is 2.72 bits per heavy atom. The zero-order valence-electron chi connectivity index (χ0n) is 10.9. The van der Waals surface area contributed by atoms with Gasteiger partial charge in [0.1, 0.15) is 0 Å². The van der Waals surface area contributed by atoms with E-state index in [1.165, 1.54) is 16.8 Å². The molecule has 0 saturated heterocycles. The number of benzene rings is 1. The Balaban J connectivity index is 1.77. The number of nitrogens with one attached hydrogen (secondary N) is 1. The van der Waals surface area contributed by atoms with Crippen LogP contribution < -0.4 is 5.32 Å². The van der Waals surface area contributed by atoms with Gasteiger partial charge in [0.05, 0.1) is 6.20 Å². The van der Waals surface area contributed by atoms with Crippen LogP contribution in [0.1, 0.15) is 16.8 Å². The third-order valence-electron chi connectivity index (χ3n) is 3.02. The molecule has 1 aromatic heterocycles. The Kier molecular flexibility index (Phi) is 4.31. The molecule has 0 radical (unpaired) electrons. The second-order valence-electron chi connectivity index (χ2n) is 4.32. The molecule has 18 heavy (non-hydrogen) atoms. The summed E-state index contributed by atoms with van der Waals surface area (Å²) >= 11 is 0. The summed E-state index contributed by atoms with van der Waals surface area (Å²) < 4.78 is 1.90. The van der Waals surface area contributed by atoms with E-state index in [-0.39, 0.29) is 0 Å². The van der Waals surface area contributed by atoms with Gasteiger partial charge < -0.3 is 5.32 Å². The molecule has 0 aliphatic rings. The van der Waals surface area contributed by atoms with Gasteiger partial charge in [-0.15, -0.1) is 0 Å². The summed E-state index contributed by atoms with van der Waals surface area (Å²) in [7, 11) is 1.97. The van der Waals surface area contributed by atoms with Gasteiger partial charge in [0.15, 0.2) is 0 Å². The van der Waals surface area contributed by atoms with Crippen LogP contribution >= 0.6 is 0 Å². The number of rotatable bonds is 5. The monoisotopic (exact) mass is 241 g/mol. The van der Waals surface area contributed by atoms with Crippen molar-refractivity contribution in [3.8, 4) is 0 Å². The maximum atomic E-state index is 4.22. The molecule has 1 N–H and O–H groups in total.